The maximum atomic E-state index is 12.5. The second kappa shape index (κ2) is 13.1. The minimum Gasteiger partial charge on any atom is -0.496 e. The second-order valence-electron chi connectivity index (χ2n) is 9.30. The second-order valence-corrected chi connectivity index (χ2v) is 9.30. The van der Waals surface area contributed by atoms with Gasteiger partial charge in [-0.2, -0.15) is 4.98 Å². The highest BCUT2D eigenvalue weighted by atomic mass is 16.5. The van der Waals surface area contributed by atoms with Gasteiger partial charge in [-0.05, 0) is 50.7 Å². The van der Waals surface area contributed by atoms with E-state index in [2.05, 4.69) is 29.1 Å². The van der Waals surface area contributed by atoms with E-state index in [1.165, 1.54) is 7.11 Å². The van der Waals surface area contributed by atoms with Gasteiger partial charge in [0, 0.05) is 43.0 Å². The van der Waals surface area contributed by atoms with Crippen LogP contribution in [0.4, 0.5) is 11.8 Å². The Hall–Kier alpha value is -3.88. The first-order valence-corrected chi connectivity index (χ1v) is 13.2. The largest absolute Gasteiger partial charge is 0.496 e. The van der Waals surface area contributed by atoms with Gasteiger partial charge >= 0.3 is 5.97 Å². The molecule has 0 bridgehead atoms. The summed E-state index contributed by atoms with van der Waals surface area (Å²) in [6.07, 6.45) is 5.50. The number of methoxy groups -OCH3 is 1. The van der Waals surface area contributed by atoms with Gasteiger partial charge in [-0.15, -0.1) is 0 Å². The predicted molar refractivity (Wildman–Crippen MR) is 151 cm³/mol. The number of aromatic amines is 1. The van der Waals surface area contributed by atoms with Crippen molar-refractivity contribution in [3.05, 3.63) is 63.7 Å². The number of aromatic nitrogens is 3. The number of hydrogen-bond acceptors (Lipinski definition) is 7. The number of nitrogens with zero attached hydrogens (tertiary/aromatic N) is 3. The highest BCUT2D eigenvalue weighted by Crippen LogP contribution is 2.31. The Morgan fingerprint density at radius 2 is 1.79 bits per heavy atom. The lowest BCUT2D eigenvalue weighted by molar-refractivity contribution is -0.137. The average molecular weight is 522 g/mol. The van der Waals surface area contributed by atoms with E-state index in [1.807, 2.05) is 56.1 Å². The molecule has 0 fully saturated rings. The molecule has 3 aromatic rings. The number of aliphatic carboxylic acids is 1. The van der Waals surface area contributed by atoms with Crippen LogP contribution >= 0.6 is 0 Å². The molecular formula is C29H39N5O4. The van der Waals surface area contributed by atoms with Crippen LogP contribution in [0, 0.1) is 6.92 Å². The number of hydrogen-bond donors (Lipinski definition) is 3. The van der Waals surface area contributed by atoms with E-state index >= 15 is 0 Å². The highest BCUT2D eigenvalue weighted by Gasteiger charge is 2.24. The van der Waals surface area contributed by atoms with Crippen LogP contribution in [0.5, 0.6) is 5.75 Å². The number of rotatable bonds is 13. The van der Waals surface area contributed by atoms with Crippen LogP contribution in [-0.4, -0.2) is 52.3 Å². The van der Waals surface area contributed by atoms with Crippen molar-refractivity contribution >= 4 is 17.7 Å². The van der Waals surface area contributed by atoms with Crippen LogP contribution < -0.4 is 20.5 Å². The van der Waals surface area contributed by atoms with E-state index in [0.29, 0.717) is 28.6 Å². The normalized spacial score (nSPS) is 11.9. The number of aryl methyl sites for hydroxylation is 1. The number of carbonyl (C=O) groups is 1. The molecule has 0 aliphatic rings. The molecule has 0 aliphatic heterocycles. The topological polar surface area (TPSA) is 120 Å². The molecule has 0 aliphatic carbocycles. The number of ether oxygens (including phenoxy) is 1. The monoisotopic (exact) mass is 521 g/mol. The number of nitrogens with one attached hydrogen (secondary N) is 2. The molecule has 204 valence electrons. The Bertz CT molecular complexity index is 1280. The SMILES string of the molecule is CCC(CC)c1cnc(N(CC)CC)nc1N[C@@H](Cc1ccc(-c2c(OC)c(C)c[nH]c2=O)cc1)C(=O)O. The molecule has 1 aromatic carbocycles. The van der Waals surface area contributed by atoms with E-state index in [9.17, 15) is 14.7 Å². The summed E-state index contributed by atoms with van der Waals surface area (Å²) in [6.45, 7) is 11.7. The van der Waals surface area contributed by atoms with E-state index in [1.54, 1.807) is 6.20 Å². The summed E-state index contributed by atoms with van der Waals surface area (Å²) in [5, 5.41) is 13.3. The van der Waals surface area contributed by atoms with Gasteiger partial charge in [0.1, 0.15) is 17.6 Å². The van der Waals surface area contributed by atoms with Gasteiger partial charge in [0.2, 0.25) is 5.95 Å². The highest BCUT2D eigenvalue weighted by molar-refractivity contribution is 5.78. The van der Waals surface area contributed by atoms with E-state index < -0.39 is 12.0 Å². The Morgan fingerprint density at radius 1 is 1.13 bits per heavy atom. The Kier molecular flexibility index (Phi) is 9.87. The van der Waals surface area contributed by atoms with E-state index in [-0.39, 0.29) is 17.9 Å². The Labute approximate surface area is 224 Å². The molecule has 0 unspecified atom stereocenters. The molecule has 1 atom stereocenters. The molecule has 2 heterocycles. The summed E-state index contributed by atoms with van der Waals surface area (Å²) < 4.78 is 5.47. The number of H-pyrrole nitrogens is 1. The lowest BCUT2D eigenvalue weighted by atomic mass is 9.95. The summed E-state index contributed by atoms with van der Waals surface area (Å²) >= 11 is 0. The van der Waals surface area contributed by atoms with Gasteiger partial charge in [0.25, 0.3) is 5.56 Å². The molecule has 3 N–H and O–H groups in total. The number of pyridine rings is 1. The van der Waals surface area contributed by atoms with Gasteiger partial charge in [-0.3, -0.25) is 4.79 Å². The van der Waals surface area contributed by atoms with Crippen molar-refractivity contribution in [3.63, 3.8) is 0 Å². The fourth-order valence-electron chi connectivity index (χ4n) is 4.73. The fourth-order valence-corrected chi connectivity index (χ4v) is 4.73. The predicted octanol–water partition coefficient (Wildman–Crippen LogP) is 5.01. The number of carboxylic acid groups (broad SMARTS) is 1. The Morgan fingerprint density at radius 3 is 2.34 bits per heavy atom. The molecule has 0 amide bonds. The van der Waals surface area contributed by atoms with Crippen molar-refractivity contribution in [1.82, 2.24) is 15.0 Å². The molecule has 2 aromatic heterocycles. The third-order valence-corrected chi connectivity index (χ3v) is 7.00. The van der Waals surface area contributed by atoms with E-state index in [0.717, 1.165) is 42.6 Å². The zero-order valence-electron chi connectivity index (χ0n) is 23.2. The zero-order chi connectivity index (χ0) is 27.8. The summed E-state index contributed by atoms with van der Waals surface area (Å²) in [6, 6.07) is 6.43. The molecule has 9 heteroatoms. The van der Waals surface area contributed by atoms with Crippen molar-refractivity contribution in [2.24, 2.45) is 0 Å². The summed E-state index contributed by atoms with van der Waals surface area (Å²) in [5.41, 5.74) is 3.48. The fraction of sp³-hybridized carbons (Fsp3) is 0.448. The van der Waals surface area contributed by atoms with Gasteiger partial charge in [-0.1, -0.05) is 38.1 Å². The van der Waals surface area contributed by atoms with Gasteiger partial charge < -0.3 is 25.0 Å². The van der Waals surface area contributed by atoms with Crippen LogP contribution in [0.3, 0.4) is 0 Å². The third kappa shape index (κ3) is 6.33. The number of benzene rings is 1. The summed E-state index contributed by atoms with van der Waals surface area (Å²) in [7, 11) is 1.54. The van der Waals surface area contributed by atoms with Gasteiger partial charge in [0.05, 0.1) is 12.7 Å². The first-order valence-electron chi connectivity index (χ1n) is 13.2. The maximum Gasteiger partial charge on any atom is 0.326 e. The smallest absolute Gasteiger partial charge is 0.326 e. The van der Waals surface area contributed by atoms with Crippen LogP contribution in [-0.2, 0) is 11.2 Å². The van der Waals surface area contributed by atoms with Crippen molar-refractivity contribution < 1.29 is 14.6 Å². The van der Waals surface area contributed by atoms with Crippen molar-refractivity contribution in [2.75, 3.05) is 30.4 Å². The molecule has 0 spiro atoms. The summed E-state index contributed by atoms with van der Waals surface area (Å²) in [4.78, 5) is 39.0. The lowest BCUT2D eigenvalue weighted by Crippen LogP contribution is -2.33. The summed E-state index contributed by atoms with van der Waals surface area (Å²) in [5.74, 6) is 0.922. The average Bonchev–Trinajstić information content (AvgIpc) is 2.92. The van der Waals surface area contributed by atoms with Crippen LogP contribution in [0.25, 0.3) is 11.1 Å². The first kappa shape index (κ1) is 28.7. The maximum absolute atomic E-state index is 12.5. The molecule has 38 heavy (non-hydrogen) atoms. The van der Waals surface area contributed by atoms with Crippen molar-refractivity contribution in [2.45, 2.75) is 65.8 Å². The van der Waals surface area contributed by atoms with Crippen LogP contribution in [0.2, 0.25) is 0 Å². The van der Waals surface area contributed by atoms with Gasteiger partial charge in [0.15, 0.2) is 0 Å². The third-order valence-electron chi connectivity index (χ3n) is 7.00. The standard InChI is InChI=1S/C29H39N5O4/c1-7-20(8-2)22-17-31-29(34(9-3)10-4)33-26(22)32-23(28(36)37)15-19-11-13-21(14-12-19)24-25(38-6)18(5)16-30-27(24)35/h11-14,16-17,20,23H,7-10,15H2,1-6H3,(H,30,35)(H,36,37)(H,31,32,33)/t23-/m0/s1. The van der Waals surface area contributed by atoms with Crippen molar-refractivity contribution in [3.8, 4) is 16.9 Å². The molecule has 0 saturated carbocycles. The van der Waals surface area contributed by atoms with E-state index in [4.69, 9.17) is 9.72 Å². The first-order chi connectivity index (χ1) is 18.3. The number of anilines is 2. The quantitative estimate of drug-likeness (QED) is 0.287. The minimum atomic E-state index is -0.968. The molecule has 0 saturated heterocycles. The molecule has 9 nitrogen and oxygen atoms in total. The number of carboxylic acids is 1. The molecule has 3 rings (SSSR count). The zero-order valence-corrected chi connectivity index (χ0v) is 23.2. The minimum absolute atomic E-state index is 0.222. The molecular weight excluding hydrogens is 482 g/mol. The Balaban J connectivity index is 1.93. The molecule has 0 radical (unpaired) electrons. The van der Waals surface area contributed by atoms with Gasteiger partial charge in [-0.25, -0.2) is 9.78 Å². The van der Waals surface area contributed by atoms with Crippen LogP contribution in [0.1, 0.15) is 63.1 Å². The van der Waals surface area contributed by atoms with Crippen molar-refractivity contribution in [1.29, 1.82) is 0 Å². The van der Waals surface area contributed by atoms with Crippen LogP contribution in [0.15, 0.2) is 41.5 Å². The lowest BCUT2D eigenvalue weighted by Gasteiger charge is -2.24.